The Morgan fingerprint density at radius 3 is 2.58 bits per heavy atom. The number of aromatic amines is 1. The van der Waals surface area contributed by atoms with Crippen molar-refractivity contribution in [1.82, 2.24) is 15.6 Å². The lowest BCUT2D eigenvalue weighted by Crippen LogP contribution is -2.52. The second-order valence-corrected chi connectivity index (χ2v) is 6.00. The summed E-state index contributed by atoms with van der Waals surface area (Å²) in [6.07, 6.45) is 2.16. The van der Waals surface area contributed by atoms with Crippen LogP contribution in [0.25, 0.3) is 10.9 Å². The number of para-hydroxylation sites is 1. The molecule has 0 spiro atoms. The Morgan fingerprint density at radius 2 is 1.92 bits per heavy atom. The molecule has 1 aromatic heterocycles. The van der Waals surface area contributed by atoms with E-state index in [-0.39, 0.29) is 25.4 Å². The number of hydrogen-bond donors (Lipinski definition) is 4. The summed E-state index contributed by atoms with van der Waals surface area (Å²) in [6, 6.07) is 5.66. The maximum atomic E-state index is 12.6. The van der Waals surface area contributed by atoms with Crippen LogP contribution in [0.1, 0.15) is 18.9 Å². The van der Waals surface area contributed by atoms with E-state index in [4.69, 9.17) is 4.74 Å². The third-order valence-corrected chi connectivity index (χ3v) is 4.02. The van der Waals surface area contributed by atoms with Crippen molar-refractivity contribution in [2.24, 2.45) is 0 Å². The van der Waals surface area contributed by atoms with Gasteiger partial charge in [-0.1, -0.05) is 18.2 Å². The quantitative estimate of drug-likeness (QED) is 0.527. The summed E-state index contributed by atoms with van der Waals surface area (Å²) in [7, 11) is 1.46. The SMILES string of the molecule is COCCC(NC(=O)C(Cc1c[nH]c2ccccc12)NC(C)=O)C(=O)O. The molecule has 1 aromatic carbocycles. The van der Waals surface area contributed by atoms with E-state index in [1.807, 2.05) is 24.3 Å². The highest BCUT2D eigenvalue weighted by atomic mass is 16.5. The molecule has 2 atom stereocenters. The molecule has 2 unspecified atom stereocenters. The zero-order chi connectivity index (χ0) is 19.1. The van der Waals surface area contributed by atoms with Crippen molar-refractivity contribution in [1.29, 1.82) is 0 Å². The van der Waals surface area contributed by atoms with Crippen molar-refractivity contribution < 1.29 is 24.2 Å². The number of hydrogen-bond acceptors (Lipinski definition) is 4. The summed E-state index contributed by atoms with van der Waals surface area (Å²) in [5.41, 5.74) is 1.78. The van der Waals surface area contributed by atoms with Gasteiger partial charge in [0.05, 0.1) is 0 Å². The van der Waals surface area contributed by atoms with Gasteiger partial charge in [-0.2, -0.15) is 0 Å². The minimum absolute atomic E-state index is 0.136. The van der Waals surface area contributed by atoms with Crippen molar-refractivity contribution in [2.45, 2.75) is 31.8 Å². The van der Waals surface area contributed by atoms with Crippen LogP contribution in [-0.4, -0.2) is 53.7 Å². The van der Waals surface area contributed by atoms with Gasteiger partial charge < -0.3 is 25.5 Å². The summed E-state index contributed by atoms with van der Waals surface area (Å²) in [5.74, 6) is -2.06. The smallest absolute Gasteiger partial charge is 0.326 e. The number of ether oxygens (including phenoxy) is 1. The van der Waals surface area contributed by atoms with E-state index in [0.717, 1.165) is 16.5 Å². The van der Waals surface area contributed by atoms with Crippen LogP contribution in [0.15, 0.2) is 30.5 Å². The molecule has 0 fully saturated rings. The minimum Gasteiger partial charge on any atom is -0.480 e. The molecule has 2 aromatic rings. The van der Waals surface area contributed by atoms with Gasteiger partial charge in [0, 0.05) is 50.6 Å². The number of H-pyrrole nitrogens is 1. The number of rotatable bonds is 9. The van der Waals surface area contributed by atoms with Gasteiger partial charge in [0.1, 0.15) is 12.1 Å². The highest BCUT2D eigenvalue weighted by molar-refractivity contribution is 5.91. The first-order valence-electron chi connectivity index (χ1n) is 8.26. The van der Waals surface area contributed by atoms with Crippen LogP contribution >= 0.6 is 0 Å². The number of carboxylic acids is 1. The molecule has 0 aliphatic heterocycles. The van der Waals surface area contributed by atoms with Crippen LogP contribution in [0, 0.1) is 0 Å². The van der Waals surface area contributed by atoms with E-state index in [1.54, 1.807) is 6.20 Å². The Morgan fingerprint density at radius 1 is 1.19 bits per heavy atom. The largest absolute Gasteiger partial charge is 0.480 e. The van der Waals surface area contributed by atoms with Crippen molar-refractivity contribution in [3.63, 3.8) is 0 Å². The number of carbonyl (C=O) groups excluding carboxylic acids is 2. The molecule has 0 radical (unpaired) electrons. The number of amides is 2. The summed E-state index contributed by atoms with van der Waals surface area (Å²) < 4.78 is 4.87. The lowest BCUT2D eigenvalue weighted by molar-refractivity contribution is -0.142. The highest BCUT2D eigenvalue weighted by Crippen LogP contribution is 2.19. The second kappa shape index (κ2) is 9.00. The lowest BCUT2D eigenvalue weighted by Gasteiger charge is -2.21. The molecule has 0 saturated carbocycles. The van der Waals surface area contributed by atoms with Crippen LogP contribution in [-0.2, 0) is 25.5 Å². The first-order chi connectivity index (χ1) is 12.4. The Labute approximate surface area is 150 Å². The molecule has 0 aliphatic rings. The van der Waals surface area contributed by atoms with E-state index >= 15 is 0 Å². The number of carbonyl (C=O) groups is 3. The van der Waals surface area contributed by atoms with Crippen molar-refractivity contribution in [2.75, 3.05) is 13.7 Å². The molecule has 8 nitrogen and oxygen atoms in total. The molecule has 4 N–H and O–H groups in total. The number of benzene rings is 1. The van der Waals surface area contributed by atoms with Crippen molar-refractivity contribution >= 4 is 28.7 Å². The topological polar surface area (TPSA) is 121 Å². The third-order valence-electron chi connectivity index (χ3n) is 4.02. The number of fused-ring (bicyclic) bond motifs is 1. The zero-order valence-electron chi connectivity index (χ0n) is 14.7. The molecule has 2 amide bonds. The fraction of sp³-hybridized carbons (Fsp3) is 0.389. The van der Waals surface area contributed by atoms with Gasteiger partial charge in [-0.3, -0.25) is 9.59 Å². The molecular weight excluding hydrogens is 338 g/mol. The molecule has 0 saturated heterocycles. The van der Waals surface area contributed by atoms with E-state index < -0.39 is 24.0 Å². The second-order valence-electron chi connectivity index (χ2n) is 6.00. The fourth-order valence-corrected chi connectivity index (χ4v) is 2.74. The zero-order valence-corrected chi connectivity index (χ0v) is 14.7. The molecule has 26 heavy (non-hydrogen) atoms. The van der Waals surface area contributed by atoms with Gasteiger partial charge in [-0.25, -0.2) is 4.79 Å². The molecule has 1 heterocycles. The molecular formula is C18H23N3O5. The van der Waals surface area contributed by atoms with Gasteiger partial charge in [-0.15, -0.1) is 0 Å². The molecule has 8 heteroatoms. The van der Waals surface area contributed by atoms with Crippen molar-refractivity contribution in [3.05, 3.63) is 36.0 Å². The van der Waals surface area contributed by atoms with Crippen molar-refractivity contribution in [3.8, 4) is 0 Å². The van der Waals surface area contributed by atoms with Crippen LogP contribution in [0.2, 0.25) is 0 Å². The van der Waals surface area contributed by atoms with E-state index in [2.05, 4.69) is 15.6 Å². The minimum atomic E-state index is -1.15. The number of aliphatic carboxylic acids is 1. The Hall–Kier alpha value is -2.87. The highest BCUT2D eigenvalue weighted by Gasteiger charge is 2.26. The maximum absolute atomic E-state index is 12.6. The Bertz CT molecular complexity index is 786. The summed E-state index contributed by atoms with van der Waals surface area (Å²) in [5, 5.41) is 15.3. The fourth-order valence-electron chi connectivity index (χ4n) is 2.74. The van der Waals surface area contributed by atoms with Crippen LogP contribution in [0.3, 0.4) is 0 Å². The van der Waals surface area contributed by atoms with Gasteiger partial charge in [-0.05, 0) is 11.6 Å². The van der Waals surface area contributed by atoms with Gasteiger partial charge in [0.2, 0.25) is 11.8 Å². The average molecular weight is 361 g/mol. The van der Waals surface area contributed by atoms with E-state index in [9.17, 15) is 19.5 Å². The third kappa shape index (κ3) is 5.06. The summed E-state index contributed by atoms with van der Waals surface area (Å²) >= 11 is 0. The van der Waals surface area contributed by atoms with Crippen LogP contribution in [0.4, 0.5) is 0 Å². The first kappa shape index (κ1) is 19.5. The van der Waals surface area contributed by atoms with Crippen LogP contribution < -0.4 is 10.6 Å². The molecule has 140 valence electrons. The number of methoxy groups -OCH3 is 1. The Kier molecular flexibility index (Phi) is 6.74. The predicted molar refractivity (Wildman–Crippen MR) is 95.7 cm³/mol. The number of carboxylic acid groups (broad SMARTS) is 1. The standard InChI is InChI=1S/C18H23N3O5/c1-11(22)20-16(17(23)21-15(18(24)25)7-8-26-2)9-12-10-19-14-6-4-3-5-13(12)14/h3-6,10,15-16,19H,7-9H2,1-2H3,(H,20,22)(H,21,23)(H,24,25). The van der Waals surface area contributed by atoms with Gasteiger partial charge in [0.25, 0.3) is 0 Å². The first-order valence-corrected chi connectivity index (χ1v) is 8.26. The van der Waals surface area contributed by atoms with Gasteiger partial charge >= 0.3 is 5.97 Å². The molecule has 0 bridgehead atoms. The Balaban J connectivity index is 2.16. The molecule has 0 aliphatic carbocycles. The maximum Gasteiger partial charge on any atom is 0.326 e. The van der Waals surface area contributed by atoms with Gasteiger partial charge in [0.15, 0.2) is 0 Å². The normalized spacial score (nSPS) is 13.2. The lowest BCUT2D eigenvalue weighted by atomic mass is 10.0. The van der Waals surface area contributed by atoms with E-state index in [0.29, 0.717) is 0 Å². The summed E-state index contributed by atoms with van der Waals surface area (Å²) in [4.78, 5) is 38.5. The average Bonchev–Trinajstić information content (AvgIpc) is 3.00. The van der Waals surface area contributed by atoms with E-state index in [1.165, 1.54) is 14.0 Å². The van der Waals surface area contributed by atoms with Crippen LogP contribution in [0.5, 0.6) is 0 Å². The molecule has 2 rings (SSSR count). The number of aromatic nitrogens is 1. The number of nitrogens with one attached hydrogen (secondary N) is 3. The monoisotopic (exact) mass is 361 g/mol. The predicted octanol–water partition coefficient (Wildman–Crippen LogP) is 0.821. The summed E-state index contributed by atoms with van der Waals surface area (Å²) in [6.45, 7) is 1.51.